The van der Waals surface area contributed by atoms with Gasteiger partial charge in [0, 0.05) is 49.1 Å². The minimum absolute atomic E-state index is 0.170. The summed E-state index contributed by atoms with van der Waals surface area (Å²) < 4.78 is 34.4. The first-order valence-electron chi connectivity index (χ1n) is 15.2. The number of hydrogen-bond donors (Lipinski definition) is 1. The average molecular weight is 639 g/mol. The van der Waals surface area contributed by atoms with Crippen molar-refractivity contribution in [1.82, 2.24) is 19.4 Å². The number of imidazole rings is 1. The average Bonchev–Trinajstić information content (AvgIpc) is 3.53. The summed E-state index contributed by atoms with van der Waals surface area (Å²) in [5, 5.41) is 9.56. The Morgan fingerprint density at radius 3 is 2.69 bits per heavy atom. The summed E-state index contributed by atoms with van der Waals surface area (Å²) in [5.74, 6) is 0.306. The number of amides is 1. The molecular formula is C33H36ClFN4O6. The van der Waals surface area contributed by atoms with Gasteiger partial charge in [0.25, 0.3) is 5.79 Å². The quantitative estimate of drug-likeness (QED) is 0.229. The van der Waals surface area contributed by atoms with E-state index < -0.39 is 23.7 Å². The van der Waals surface area contributed by atoms with Crippen molar-refractivity contribution in [3.05, 3.63) is 82.2 Å². The molecule has 3 aromatic rings. The van der Waals surface area contributed by atoms with Crippen LogP contribution in [-0.4, -0.2) is 69.3 Å². The van der Waals surface area contributed by atoms with Crippen LogP contribution in [0.15, 0.2) is 48.7 Å². The number of benzene rings is 2. The fourth-order valence-electron chi connectivity index (χ4n) is 6.38. The van der Waals surface area contributed by atoms with Gasteiger partial charge in [0.05, 0.1) is 30.6 Å². The van der Waals surface area contributed by atoms with Crippen molar-refractivity contribution in [2.45, 2.75) is 51.5 Å². The lowest BCUT2D eigenvalue weighted by Crippen LogP contribution is -2.51. The zero-order chi connectivity index (χ0) is 31.7. The van der Waals surface area contributed by atoms with E-state index in [1.165, 1.54) is 17.0 Å². The van der Waals surface area contributed by atoms with E-state index in [1.807, 2.05) is 12.1 Å². The highest BCUT2D eigenvalue weighted by Gasteiger charge is 2.43. The van der Waals surface area contributed by atoms with Crippen molar-refractivity contribution in [2.24, 2.45) is 5.92 Å². The second-order valence-electron chi connectivity index (χ2n) is 11.8. The number of esters is 1. The van der Waals surface area contributed by atoms with Crippen molar-refractivity contribution in [2.75, 3.05) is 32.8 Å². The van der Waals surface area contributed by atoms with Crippen molar-refractivity contribution >= 4 is 29.7 Å². The predicted octanol–water partition coefficient (Wildman–Crippen LogP) is 5.89. The molecule has 12 heteroatoms. The lowest BCUT2D eigenvalue weighted by molar-refractivity contribution is -0.137. The Balaban J connectivity index is 1.13. The van der Waals surface area contributed by atoms with Crippen LogP contribution in [0.5, 0.6) is 11.5 Å². The number of halogens is 2. The molecule has 1 aromatic heterocycles. The molecule has 0 spiro atoms. The first-order valence-corrected chi connectivity index (χ1v) is 15.6. The number of ether oxygens (including phenoxy) is 3. The summed E-state index contributed by atoms with van der Waals surface area (Å²) in [7, 11) is 0. The van der Waals surface area contributed by atoms with E-state index in [4.69, 9.17) is 30.8 Å². The number of hydrogen-bond acceptors (Lipinski definition) is 7. The molecule has 0 radical (unpaired) electrons. The van der Waals surface area contributed by atoms with E-state index in [2.05, 4.69) is 15.5 Å². The molecule has 238 valence electrons. The standard InChI is InChI=1S/C33H36ClFN4O6/c1-3-43-30(40)10-8-24-16-36-29(39(24)19-21-17-38(18-21)32(41)42)20-37-13-11-22(12-14-37)25-5-4-6-28-31(25)45-33(2,44-28)26-9-7-23(34)15-27(26)35/h4-10,15-16,21-22H,3,11-14,17-20H2,1-2H3,(H,41,42)/b10-8+. The van der Waals surface area contributed by atoms with E-state index in [-0.39, 0.29) is 17.4 Å². The van der Waals surface area contributed by atoms with Crippen LogP contribution in [0.1, 0.15) is 55.3 Å². The van der Waals surface area contributed by atoms with Crippen LogP contribution >= 0.6 is 11.6 Å². The van der Waals surface area contributed by atoms with Gasteiger partial charge in [0.2, 0.25) is 0 Å². The lowest BCUT2D eigenvalue weighted by Gasteiger charge is -2.38. The maximum atomic E-state index is 14.8. The largest absolute Gasteiger partial charge is 0.465 e. The number of carboxylic acid groups (broad SMARTS) is 1. The third-order valence-corrected chi connectivity index (χ3v) is 8.97. The van der Waals surface area contributed by atoms with Crippen LogP contribution in [0.25, 0.3) is 6.08 Å². The van der Waals surface area contributed by atoms with E-state index in [0.717, 1.165) is 43.0 Å². The fraction of sp³-hybridized carbons (Fsp3) is 0.424. The number of piperidine rings is 1. The summed E-state index contributed by atoms with van der Waals surface area (Å²) in [6.07, 6.45) is 5.71. The fourth-order valence-corrected chi connectivity index (χ4v) is 6.54. The van der Waals surface area contributed by atoms with Crippen molar-refractivity contribution in [3.63, 3.8) is 0 Å². The SMILES string of the molecule is CCOC(=O)/C=C/c1cnc(CN2CCC(c3cccc4c3OC(C)(c3ccc(Cl)cc3F)O4)CC2)n1CC1CN(C(=O)O)C1. The summed E-state index contributed by atoms with van der Waals surface area (Å²) in [6.45, 7) is 7.59. The number of carbonyl (C=O) groups is 2. The van der Waals surface area contributed by atoms with Gasteiger partial charge in [-0.05, 0) is 69.1 Å². The van der Waals surface area contributed by atoms with Gasteiger partial charge in [-0.15, -0.1) is 0 Å². The van der Waals surface area contributed by atoms with Gasteiger partial charge in [-0.3, -0.25) is 4.90 Å². The van der Waals surface area contributed by atoms with Crippen molar-refractivity contribution < 1.29 is 33.3 Å². The Morgan fingerprint density at radius 1 is 1.20 bits per heavy atom. The van der Waals surface area contributed by atoms with E-state index in [0.29, 0.717) is 49.3 Å². The number of para-hydroxylation sites is 1. The molecule has 2 saturated heterocycles. The first kappa shape index (κ1) is 30.9. The maximum absolute atomic E-state index is 14.8. The molecule has 3 aliphatic rings. The van der Waals surface area contributed by atoms with Crippen LogP contribution < -0.4 is 9.47 Å². The second-order valence-corrected chi connectivity index (χ2v) is 12.3. The van der Waals surface area contributed by atoms with Crippen LogP contribution in [0.3, 0.4) is 0 Å². The first-order chi connectivity index (χ1) is 21.6. The highest BCUT2D eigenvalue weighted by Crippen LogP contribution is 2.49. The molecule has 1 unspecified atom stereocenters. The topological polar surface area (TPSA) is 106 Å². The summed E-state index contributed by atoms with van der Waals surface area (Å²) in [4.78, 5) is 31.7. The van der Waals surface area contributed by atoms with Gasteiger partial charge in [-0.2, -0.15) is 0 Å². The van der Waals surface area contributed by atoms with E-state index in [9.17, 15) is 19.1 Å². The number of likely N-dealkylation sites (tertiary alicyclic amines) is 2. The number of rotatable bonds is 9. The normalized spacial score (nSPS) is 20.5. The van der Waals surface area contributed by atoms with Gasteiger partial charge in [0.15, 0.2) is 11.5 Å². The molecule has 10 nitrogen and oxygen atoms in total. The third kappa shape index (κ3) is 6.50. The molecule has 1 N–H and O–H groups in total. The van der Waals surface area contributed by atoms with Gasteiger partial charge in [-0.1, -0.05) is 23.7 Å². The molecule has 0 bridgehead atoms. The number of fused-ring (bicyclic) bond motifs is 1. The summed E-state index contributed by atoms with van der Waals surface area (Å²) >= 11 is 5.97. The van der Waals surface area contributed by atoms with Crippen LogP contribution in [0.2, 0.25) is 5.02 Å². The molecule has 0 aliphatic carbocycles. The minimum Gasteiger partial charge on any atom is -0.465 e. The molecule has 4 heterocycles. The zero-order valence-corrected chi connectivity index (χ0v) is 26.0. The van der Waals surface area contributed by atoms with Crippen LogP contribution in [0.4, 0.5) is 9.18 Å². The van der Waals surface area contributed by atoms with Gasteiger partial charge in [-0.25, -0.2) is 19.0 Å². The number of aromatic nitrogens is 2. The van der Waals surface area contributed by atoms with E-state index in [1.54, 1.807) is 38.3 Å². The summed E-state index contributed by atoms with van der Waals surface area (Å²) in [6, 6.07) is 10.3. The van der Waals surface area contributed by atoms with Gasteiger partial charge >= 0.3 is 12.1 Å². The number of nitrogens with zero attached hydrogens (tertiary/aromatic N) is 4. The lowest BCUT2D eigenvalue weighted by atomic mass is 9.88. The predicted molar refractivity (Wildman–Crippen MR) is 165 cm³/mol. The molecule has 0 saturated carbocycles. The molecular weight excluding hydrogens is 603 g/mol. The van der Waals surface area contributed by atoms with Crippen molar-refractivity contribution in [3.8, 4) is 11.5 Å². The third-order valence-electron chi connectivity index (χ3n) is 8.74. The Labute approximate surface area is 265 Å². The van der Waals surface area contributed by atoms with Gasteiger partial charge in [0.1, 0.15) is 11.6 Å². The highest BCUT2D eigenvalue weighted by molar-refractivity contribution is 6.30. The molecule has 45 heavy (non-hydrogen) atoms. The molecule has 3 aliphatic heterocycles. The molecule has 2 fully saturated rings. The molecule has 2 aromatic carbocycles. The highest BCUT2D eigenvalue weighted by atomic mass is 35.5. The van der Waals surface area contributed by atoms with E-state index >= 15 is 0 Å². The summed E-state index contributed by atoms with van der Waals surface area (Å²) in [5.41, 5.74) is 2.11. The molecule has 6 rings (SSSR count). The Bertz CT molecular complexity index is 1610. The Hall–Kier alpha value is -4.09. The molecule has 1 atom stereocenters. The number of carbonyl (C=O) groups excluding carboxylic acids is 1. The second kappa shape index (κ2) is 12.7. The minimum atomic E-state index is -1.30. The maximum Gasteiger partial charge on any atom is 0.407 e. The van der Waals surface area contributed by atoms with Crippen LogP contribution in [0, 0.1) is 11.7 Å². The Morgan fingerprint density at radius 2 is 1.98 bits per heavy atom. The zero-order valence-electron chi connectivity index (χ0n) is 25.2. The smallest absolute Gasteiger partial charge is 0.407 e. The van der Waals surface area contributed by atoms with Crippen LogP contribution in [-0.2, 0) is 28.4 Å². The van der Waals surface area contributed by atoms with Gasteiger partial charge < -0.3 is 28.8 Å². The Kier molecular flexibility index (Phi) is 8.74. The molecule has 1 amide bonds. The van der Waals surface area contributed by atoms with Crippen molar-refractivity contribution in [1.29, 1.82) is 0 Å². The monoisotopic (exact) mass is 638 g/mol.